The fourth-order valence-electron chi connectivity index (χ4n) is 5.91. The molecule has 1 aromatic carbocycles. The Labute approximate surface area is 230 Å². The lowest BCUT2D eigenvalue weighted by molar-refractivity contribution is -0.146. The molecule has 8 nitrogen and oxygen atoms in total. The summed E-state index contributed by atoms with van der Waals surface area (Å²) in [6, 6.07) is 14.5. The number of anilines is 1. The molecule has 0 spiro atoms. The zero-order chi connectivity index (χ0) is 26.2. The number of nitrogen functional groups attached to an aromatic ring is 1. The lowest BCUT2D eigenvalue weighted by Crippen LogP contribution is -2.47. The van der Waals surface area contributed by atoms with Gasteiger partial charge in [0.2, 0.25) is 0 Å². The molecule has 0 radical (unpaired) electrons. The molecule has 2 aliphatic rings. The lowest BCUT2D eigenvalue weighted by atomic mass is 9.80. The highest BCUT2D eigenvalue weighted by Gasteiger charge is 2.33. The first-order valence-electron chi connectivity index (χ1n) is 13.2. The smallest absolute Gasteiger partial charge is 0.308 e. The SMILES string of the molecule is COC(=O)C1CCC(CN2CC(c3ccc(-n4c(-c5cccnc5N)nc5cc(Br)cnc54)cc3)C2)CC1. The summed E-state index contributed by atoms with van der Waals surface area (Å²) < 4.78 is 7.85. The molecule has 0 bridgehead atoms. The van der Waals surface area contributed by atoms with Gasteiger partial charge in [0.15, 0.2) is 11.5 Å². The third kappa shape index (κ3) is 4.80. The number of aromatic nitrogens is 4. The van der Waals surface area contributed by atoms with Crippen molar-refractivity contribution in [3.8, 4) is 17.1 Å². The molecule has 0 amide bonds. The number of rotatable bonds is 6. The van der Waals surface area contributed by atoms with Crippen LogP contribution in [0.15, 0.2) is 59.3 Å². The monoisotopic (exact) mass is 574 g/mol. The molecule has 3 aromatic heterocycles. The highest BCUT2D eigenvalue weighted by atomic mass is 79.9. The van der Waals surface area contributed by atoms with Gasteiger partial charge in [-0.1, -0.05) is 12.1 Å². The number of likely N-dealkylation sites (tertiary alicyclic amines) is 1. The van der Waals surface area contributed by atoms with E-state index in [9.17, 15) is 4.79 Å². The molecule has 1 saturated carbocycles. The van der Waals surface area contributed by atoms with Gasteiger partial charge >= 0.3 is 5.97 Å². The Morgan fingerprint density at radius 2 is 1.87 bits per heavy atom. The van der Waals surface area contributed by atoms with Gasteiger partial charge < -0.3 is 15.4 Å². The van der Waals surface area contributed by atoms with Crippen LogP contribution in [-0.4, -0.2) is 57.1 Å². The first-order chi connectivity index (χ1) is 18.5. The van der Waals surface area contributed by atoms with E-state index in [1.165, 1.54) is 12.7 Å². The van der Waals surface area contributed by atoms with Crippen molar-refractivity contribution in [2.24, 2.45) is 11.8 Å². The minimum Gasteiger partial charge on any atom is -0.469 e. The molecule has 38 heavy (non-hydrogen) atoms. The number of carbonyl (C=O) groups is 1. The maximum atomic E-state index is 11.8. The van der Waals surface area contributed by atoms with Gasteiger partial charge in [-0.15, -0.1) is 0 Å². The van der Waals surface area contributed by atoms with E-state index in [4.69, 9.17) is 15.5 Å². The molecule has 2 N–H and O–H groups in total. The maximum Gasteiger partial charge on any atom is 0.308 e. The molecule has 196 valence electrons. The van der Waals surface area contributed by atoms with E-state index in [1.807, 2.05) is 18.2 Å². The number of nitrogens with two attached hydrogens (primary N) is 1. The Kier molecular flexibility index (Phi) is 6.88. The molecule has 1 aliphatic carbocycles. The normalized spacial score (nSPS) is 20.4. The first kappa shape index (κ1) is 25.0. The molecule has 4 aromatic rings. The van der Waals surface area contributed by atoms with Gasteiger partial charge in [-0.2, -0.15) is 0 Å². The van der Waals surface area contributed by atoms with Crippen molar-refractivity contribution < 1.29 is 9.53 Å². The molecule has 6 rings (SSSR count). The number of halogens is 1. The summed E-state index contributed by atoms with van der Waals surface area (Å²) in [6.45, 7) is 3.29. The van der Waals surface area contributed by atoms with E-state index >= 15 is 0 Å². The van der Waals surface area contributed by atoms with Gasteiger partial charge in [0.25, 0.3) is 0 Å². The summed E-state index contributed by atoms with van der Waals surface area (Å²) >= 11 is 3.51. The number of imidazole rings is 1. The van der Waals surface area contributed by atoms with Crippen LogP contribution in [-0.2, 0) is 9.53 Å². The van der Waals surface area contributed by atoms with Gasteiger partial charge in [-0.05, 0) is 83.4 Å². The largest absolute Gasteiger partial charge is 0.469 e. The predicted molar refractivity (Wildman–Crippen MR) is 151 cm³/mol. The van der Waals surface area contributed by atoms with Gasteiger partial charge in [0.1, 0.15) is 11.3 Å². The van der Waals surface area contributed by atoms with E-state index in [2.05, 4.69) is 59.6 Å². The van der Waals surface area contributed by atoms with Crippen molar-refractivity contribution in [1.82, 2.24) is 24.4 Å². The summed E-state index contributed by atoms with van der Waals surface area (Å²) in [5.41, 5.74) is 10.9. The van der Waals surface area contributed by atoms with E-state index in [-0.39, 0.29) is 11.9 Å². The first-order valence-corrected chi connectivity index (χ1v) is 13.9. The number of esters is 1. The zero-order valence-corrected chi connectivity index (χ0v) is 23.0. The summed E-state index contributed by atoms with van der Waals surface area (Å²) in [7, 11) is 1.49. The molecule has 2 fully saturated rings. The number of nitrogens with zero attached hydrogens (tertiary/aromatic N) is 5. The molecule has 0 unspecified atom stereocenters. The van der Waals surface area contributed by atoms with Crippen molar-refractivity contribution >= 4 is 38.9 Å². The third-order valence-electron chi connectivity index (χ3n) is 8.02. The predicted octanol–water partition coefficient (Wildman–Crippen LogP) is 5.21. The topological polar surface area (TPSA) is 99.2 Å². The van der Waals surface area contributed by atoms with Crippen LogP contribution in [0.5, 0.6) is 0 Å². The van der Waals surface area contributed by atoms with E-state index in [0.29, 0.717) is 17.7 Å². The van der Waals surface area contributed by atoms with Crippen molar-refractivity contribution in [3.63, 3.8) is 0 Å². The standard InChI is InChI=1S/C29H31BrN6O2/c1-38-29(37)20-6-4-18(5-7-20)15-35-16-21(17-35)19-8-10-23(11-9-19)36-27(24-3-2-12-32-26(24)31)34-25-13-22(30)14-33-28(25)36/h2-3,8-14,18,20-21H,4-7,15-17H2,1H3,(H2,31,32). The number of hydrogen-bond acceptors (Lipinski definition) is 7. The number of fused-ring (bicyclic) bond motifs is 1. The second-order valence-electron chi connectivity index (χ2n) is 10.5. The van der Waals surface area contributed by atoms with Crippen molar-refractivity contribution in [3.05, 3.63) is 64.9 Å². The van der Waals surface area contributed by atoms with E-state index in [1.54, 1.807) is 12.4 Å². The van der Waals surface area contributed by atoms with Gasteiger partial charge in [0, 0.05) is 48.1 Å². The van der Waals surface area contributed by atoms with Crippen LogP contribution < -0.4 is 5.73 Å². The summed E-state index contributed by atoms with van der Waals surface area (Å²) in [5.74, 6) is 2.43. The summed E-state index contributed by atoms with van der Waals surface area (Å²) in [4.78, 5) is 28.1. The number of methoxy groups -OCH3 is 1. The highest BCUT2D eigenvalue weighted by molar-refractivity contribution is 9.10. The Balaban J connectivity index is 1.16. The number of benzene rings is 1. The molecular weight excluding hydrogens is 544 g/mol. The molecule has 0 atom stereocenters. The van der Waals surface area contributed by atoms with Crippen molar-refractivity contribution in [1.29, 1.82) is 0 Å². The van der Waals surface area contributed by atoms with Crippen LogP contribution in [0, 0.1) is 11.8 Å². The molecule has 9 heteroatoms. The highest BCUT2D eigenvalue weighted by Crippen LogP contribution is 2.35. The van der Waals surface area contributed by atoms with Crippen LogP contribution in [0.3, 0.4) is 0 Å². The fraction of sp³-hybridized carbons (Fsp3) is 0.379. The number of ether oxygens (including phenoxy) is 1. The van der Waals surface area contributed by atoms with E-state index < -0.39 is 0 Å². The van der Waals surface area contributed by atoms with Gasteiger partial charge in [0.05, 0.1) is 18.6 Å². The van der Waals surface area contributed by atoms with Crippen LogP contribution >= 0.6 is 15.9 Å². The number of pyridine rings is 2. The second kappa shape index (κ2) is 10.5. The van der Waals surface area contributed by atoms with Crippen molar-refractivity contribution in [2.75, 3.05) is 32.5 Å². The molecule has 1 aliphatic heterocycles. The quantitative estimate of drug-likeness (QED) is 0.316. The molecular formula is C29H31BrN6O2. The van der Waals surface area contributed by atoms with Crippen LogP contribution in [0.1, 0.15) is 37.2 Å². The Bertz CT molecular complexity index is 1460. The zero-order valence-electron chi connectivity index (χ0n) is 21.4. The summed E-state index contributed by atoms with van der Waals surface area (Å²) in [5, 5.41) is 0. The van der Waals surface area contributed by atoms with Gasteiger partial charge in [-0.3, -0.25) is 9.36 Å². The van der Waals surface area contributed by atoms with Crippen LogP contribution in [0.25, 0.3) is 28.2 Å². The van der Waals surface area contributed by atoms with Crippen molar-refractivity contribution in [2.45, 2.75) is 31.6 Å². The second-order valence-corrected chi connectivity index (χ2v) is 11.4. The maximum absolute atomic E-state index is 11.8. The van der Waals surface area contributed by atoms with Crippen LogP contribution in [0.4, 0.5) is 5.82 Å². The minimum absolute atomic E-state index is 0.0423. The van der Waals surface area contributed by atoms with Crippen LogP contribution in [0.2, 0.25) is 0 Å². The average molecular weight is 576 g/mol. The fourth-order valence-corrected chi connectivity index (χ4v) is 6.23. The minimum atomic E-state index is -0.0423. The summed E-state index contributed by atoms with van der Waals surface area (Å²) in [6.07, 6.45) is 7.61. The average Bonchev–Trinajstić information content (AvgIpc) is 3.29. The number of carbonyl (C=O) groups excluding carboxylic acids is 1. The Morgan fingerprint density at radius 1 is 1.11 bits per heavy atom. The van der Waals surface area contributed by atoms with E-state index in [0.717, 1.165) is 78.0 Å². The Hall–Kier alpha value is -3.30. The lowest BCUT2D eigenvalue weighted by Gasteiger charge is -2.42. The molecule has 1 saturated heterocycles. The van der Waals surface area contributed by atoms with Gasteiger partial charge in [-0.25, -0.2) is 15.0 Å². The Morgan fingerprint density at radius 3 is 2.58 bits per heavy atom. The number of hydrogen-bond donors (Lipinski definition) is 1. The molecule has 4 heterocycles. The third-order valence-corrected chi connectivity index (χ3v) is 8.45.